The largest absolute Gasteiger partial charge is 0.396 e. The van der Waals surface area contributed by atoms with Gasteiger partial charge in [0.15, 0.2) is 0 Å². The minimum Gasteiger partial charge on any atom is -0.396 e. The number of nitrogens with two attached hydrogens (primary N) is 2. The van der Waals surface area contributed by atoms with Crippen molar-refractivity contribution in [1.82, 2.24) is 0 Å². The number of nitrogens with zero attached hydrogens (tertiary/aromatic N) is 2. The standard InChI is InChI=1S/C19H19N5O2/c20-16(25)9-10-17(26)24-11-12-5-1-2-6-13(12)19(23-22)18(21)14-7-3-4-8-15(14)24/h1-8,22H,9-11,21H2,(H2,20,25)/b19-18-,23-22?. The molecule has 5 N–H and O–H groups in total. The van der Waals surface area contributed by atoms with E-state index in [0.717, 1.165) is 5.56 Å². The van der Waals surface area contributed by atoms with E-state index in [0.29, 0.717) is 28.2 Å². The molecule has 26 heavy (non-hydrogen) atoms. The Kier molecular flexibility index (Phi) is 4.79. The van der Waals surface area contributed by atoms with Crippen LogP contribution in [0.2, 0.25) is 0 Å². The van der Waals surface area contributed by atoms with E-state index < -0.39 is 5.91 Å². The molecule has 1 aliphatic rings. The molecule has 0 bridgehead atoms. The fourth-order valence-electron chi connectivity index (χ4n) is 3.06. The summed E-state index contributed by atoms with van der Waals surface area (Å²) in [5, 5.41) is 3.64. The van der Waals surface area contributed by atoms with Gasteiger partial charge in [0.05, 0.1) is 17.9 Å². The van der Waals surface area contributed by atoms with Crippen LogP contribution >= 0.6 is 0 Å². The normalized spacial score (nSPS) is 16.1. The van der Waals surface area contributed by atoms with Crippen molar-refractivity contribution >= 4 is 28.9 Å². The molecule has 132 valence electrons. The Hall–Kier alpha value is -3.48. The van der Waals surface area contributed by atoms with Gasteiger partial charge < -0.3 is 16.4 Å². The first kappa shape index (κ1) is 17.3. The predicted molar refractivity (Wildman–Crippen MR) is 98.7 cm³/mol. The molecule has 0 aromatic heterocycles. The summed E-state index contributed by atoms with van der Waals surface area (Å²) in [5.74, 6) is -0.737. The minimum absolute atomic E-state index is 0.0161. The third-order valence-corrected chi connectivity index (χ3v) is 4.34. The highest BCUT2D eigenvalue weighted by Crippen LogP contribution is 2.36. The summed E-state index contributed by atoms with van der Waals surface area (Å²) in [6, 6.07) is 14.6. The van der Waals surface area contributed by atoms with Crippen LogP contribution in [-0.2, 0) is 16.1 Å². The van der Waals surface area contributed by atoms with Crippen molar-refractivity contribution < 1.29 is 9.59 Å². The fraction of sp³-hybridized carbons (Fsp3) is 0.158. The van der Waals surface area contributed by atoms with E-state index in [-0.39, 0.29) is 25.3 Å². The molecule has 1 aliphatic heterocycles. The van der Waals surface area contributed by atoms with Gasteiger partial charge in [-0.25, -0.2) is 5.53 Å². The molecule has 3 rings (SSSR count). The van der Waals surface area contributed by atoms with E-state index in [2.05, 4.69) is 5.11 Å². The van der Waals surface area contributed by atoms with Crippen LogP contribution in [-0.4, -0.2) is 11.8 Å². The minimum atomic E-state index is -0.520. The number of anilines is 1. The molecule has 0 saturated carbocycles. The summed E-state index contributed by atoms with van der Waals surface area (Å²) in [4.78, 5) is 25.5. The Balaban J connectivity index is 2.18. The third kappa shape index (κ3) is 3.19. The summed E-state index contributed by atoms with van der Waals surface area (Å²) in [5.41, 5.74) is 22.6. The van der Waals surface area contributed by atoms with Crippen molar-refractivity contribution in [3.05, 3.63) is 65.2 Å². The van der Waals surface area contributed by atoms with Gasteiger partial charge in [0.2, 0.25) is 11.8 Å². The number of hydrogen-bond donors (Lipinski definition) is 3. The second kappa shape index (κ2) is 7.18. The second-order valence-electron chi connectivity index (χ2n) is 5.99. The average molecular weight is 349 g/mol. The second-order valence-corrected chi connectivity index (χ2v) is 5.99. The molecule has 0 spiro atoms. The maximum Gasteiger partial charge on any atom is 0.227 e. The maximum atomic E-state index is 12.8. The van der Waals surface area contributed by atoms with E-state index >= 15 is 0 Å². The van der Waals surface area contributed by atoms with Gasteiger partial charge in [-0.3, -0.25) is 9.59 Å². The van der Waals surface area contributed by atoms with Crippen molar-refractivity contribution in [3.63, 3.8) is 0 Å². The van der Waals surface area contributed by atoms with Crippen LogP contribution in [0.3, 0.4) is 0 Å². The van der Waals surface area contributed by atoms with E-state index in [1.54, 1.807) is 17.0 Å². The number of carbonyl (C=O) groups is 2. The molecule has 2 amide bonds. The topological polar surface area (TPSA) is 126 Å². The fourth-order valence-corrected chi connectivity index (χ4v) is 3.06. The molecule has 0 saturated heterocycles. The van der Waals surface area contributed by atoms with Gasteiger partial charge >= 0.3 is 0 Å². The van der Waals surface area contributed by atoms with E-state index in [1.807, 2.05) is 36.4 Å². The van der Waals surface area contributed by atoms with Crippen LogP contribution in [0.25, 0.3) is 11.4 Å². The van der Waals surface area contributed by atoms with Gasteiger partial charge in [-0.05, 0) is 11.6 Å². The number of hydrogen-bond acceptors (Lipinski definition) is 5. The molecule has 0 atom stereocenters. The van der Waals surface area contributed by atoms with Gasteiger partial charge in [0.1, 0.15) is 5.70 Å². The zero-order chi connectivity index (χ0) is 18.7. The predicted octanol–water partition coefficient (Wildman–Crippen LogP) is 2.61. The Labute approximate surface area is 150 Å². The smallest absolute Gasteiger partial charge is 0.227 e. The zero-order valence-electron chi connectivity index (χ0n) is 14.1. The highest BCUT2D eigenvalue weighted by molar-refractivity contribution is 6.01. The van der Waals surface area contributed by atoms with Gasteiger partial charge in [0, 0.05) is 24.0 Å². The van der Waals surface area contributed by atoms with E-state index in [1.165, 1.54) is 0 Å². The molecule has 0 radical (unpaired) electrons. The number of rotatable bonds is 4. The Bertz CT molecular complexity index is 920. The van der Waals surface area contributed by atoms with Crippen molar-refractivity contribution in [2.24, 2.45) is 16.6 Å². The third-order valence-electron chi connectivity index (χ3n) is 4.34. The van der Waals surface area contributed by atoms with Crippen molar-refractivity contribution in [3.8, 4) is 0 Å². The Morgan fingerprint density at radius 1 is 1.04 bits per heavy atom. The molecule has 2 aromatic carbocycles. The lowest BCUT2D eigenvalue weighted by Gasteiger charge is -2.29. The van der Waals surface area contributed by atoms with Crippen molar-refractivity contribution in [1.29, 1.82) is 5.53 Å². The molecule has 7 heteroatoms. The Morgan fingerprint density at radius 3 is 2.38 bits per heavy atom. The summed E-state index contributed by atoms with van der Waals surface area (Å²) >= 11 is 0. The van der Waals surface area contributed by atoms with Crippen molar-refractivity contribution in [2.75, 3.05) is 4.90 Å². The molecule has 1 heterocycles. The summed E-state index contributed by atoms with van der Waals surface area (Å²) in [6.45, 7) is 0.289. The lowest BCUT2D eigenvalue weighted by atomic mass is 9.96. The van der Waals surface area contributed by atoms with Crippen LogP contribution in [0.4, 0.5) is 5.69 Å². The molecule has 2 aromatic rings. The first-order valence-electron chi connectivity index (χ1n) is 8.16. The monoisotopic (exact) mass is 349 g/mol. The molecule has 0 unspecified atom stereocenters. The lowest BCUT2D eigenvalue weighted by Crippen LogP contribution is -2.33. The summed E-state index contributed by atoms with van der Waals surface area (Å²) in [6.07, 6.45) is 0.00288. The Morgan fingerprint density at radius 2 is 1.69 bits per heavy atom. The van der Waals surface area contributed by atoms with Crippen LogP contribution in [0, 0.1) is 5.53 Å². The average Bonchev–Trinajstić information content (AvgIpc) is 2.64. The van der Waals surface area contributed by atoms with Crippen LogP contribution < -0.4 is 16.4 Å². The number of para-hydroxylation sites is 1. The first-order chi connectivity index (χ1) is 12.5. The number of fused-ring (bicyclic) bond motifs is 2. The molecule has 7 nitrogen and oxygen atoms in total. The van der Waals surface area contributed by atoms with E-state index in [9.17, 15) is 9.59 Å². The van der Waals surface area contributed by atoms with Crippen LogP contribution in [0.1, 0.15) is 29.5 Å². The lowest BCUT2D eigenvalue weighted by molar-refractivity contribution is -0.123. The number of primary amides is 1. The molecular formula is C19H19N5O2. The van der Waals surface area contributed by atoms with Gasteiger partial charge in [-0.2, -0.15) is 5.11 Å². The first-order valence-corrected chi connectivity index (χ1v) is 8.16. The highest BCUT2D eigenvalue weighted by Gasteiger charge is 2.26. The number of benzene rings is 2. The summed E-state index contributed by atoms with van der Waals surface area (Å²) < 4.78 is 0. The number of amides is 2. The SMILES string of the molecule is N=N/C1=C(\N)c2ccccc2N(C(=O)CCC(N)=O)Cc2ccccc21. The number of carbonyl (C=O) groups excluding carboxylic acids is 2. The van der Waals surface area contributed by atoms with Gasteiger partial charge in [-0.15, -0.1) is 0 Å². The van der Waals surface area contributed by atoms with Crippen LogP contribution in [0.5, 0.6) is 0 Å². The summed E-state index contributed by atoms with van der Waals surface area (Å²) in [7, 11) is 0. The highest BCUT2D eigenvalue weighted by atomic mass is 16.2. The quantitative estimate of drug-likeness (QED) is 0.734. The number of nitrogens with one attached hydrogen (secondary N) is 1. The zero-order valence-corrected chi connectivity index (χ0v) is 14.1. The van der Waals surface area contributed by atoms with E-state index in [4.69, 9.17) is 17.0 Å². The van der Waals surface area contributed by atoms with Gasteiger partial charge in [0.25, 0.3) is 0 Å². The molecule has 0 aliphatic carbocycles. The van der Waals surface area contributed by atoms with Gasteiger partial charge in [-0.1, -0.05) is 42.5 Å². The molecule has 0 fully saturated rings. The van der Waals surface area contributed by atoms with Crippen molar-refractivity contribution in [2.45, 2.75) is 19.4 Å². The van der Waals surface area contributed by atoms with Crippen LogP contribution in [0.15, 0.2) is 53.6 Å². The molecular weight excluding hydrogens is 330 g/mol. The maximum absolute atomic E-state index is 12.8.